The highest BCUT2D eigenvalue weighted by Crippen LogP contribution is 2.13. The highest BCUT2D eigenvalue weighted by molar-refractivity contribution is 6.69. The lowest BCUT2D eigenvalue weighted by atomic mass is 10.2. The van der Waals surface area contributed by atoms with E-state index in [1.807, 2.05) is 38.1 Å². The Morgan fingerprint density at radius 3 is 2.29 bits per heavy atom. The van der Waals surface area contributed by atoms with Crippen molar-refractivity contribution >= 4 is 16.8 Å². The van der Waals surface area contributed by atoms with Crippen LogP contribution in [0.4, 0.5) is 0 Å². The fourth-order valence-corrected chi connectivity index (χ4v) is 1.35. The predicted molar refractivity (Wildman–Crippen MR) is 60.5 cm³/mol. The van der Waals surface area contributed by atoms with Crippen LogP contribution in [0, 0.1) is 0 Å². The van der Waals surface area contributed by atoms with Gasteiger partial charge in [0.15, 0.2) is 0 Å². The molecule has 0 heterocycles. The van der Waals surface area contributed by atoms with Gasteiger partial charge in [0.25, 0.3) is 0 Å². The molecule has 0 fully saturated rings. The summed E-state index contributed by atoms with van der Waals surface area (Å²) in [6.07, 6.45) is 0. The van der Waals surface area contributed by atoms with Crippen LogP contribution in [0.3, 0.4) is 0 Å². The Balaban J connectivity index is 2.86. The van der Waals surface area contributed by atoms with Crippen molar-refractivity contribution in [2.45, 2.75) is 19.9 Å². The van der Waals surface area contributed by atoms with Gasteiger partial charge in [-0.1, -0.05) is 11.6 Å². The Kier molecular flexibility index (Phi) is 3.96. The molecule has 0 spiro atoms. The van der Waals surface area contributed by atoms with Gasteiger partial charge in [-0.2, -0.15) is 0 Å². The average molecular weight is 212 g/mol. The summed E-state index contributed by atoms with van der Waals surface area (Å²) in [6.45, 7) is 3.98. The molecular formula is C11H14ClNO. The van der Waals surface area contributed by atoms with Crippen molar-refractivity contribution in [2.24, 2.45) is 4.99 Å². The van der Waals surface area contributed by atoms with E-state index in [0.717, 1.165) is 11.3 Å². The molecule has 1 rings (SSSR count). The van der Waals surface area contributed by atoms with E-state index in [1.54, 1.807) is 7.11 Å². The largest absolute Gasteiger partial charge is 0.497 e. The first kappa shape index (κ1) is 11.1. The van der Waals surface area contributed by atoms with Crippen LogP contribution in [0.5, 0.6) is 5.75 Å². The zero-order chi connectivity index (χ0) is 10.6. The summed E-state index contributed by atoms with van der Waals surface area (Å²) in [6, 6.07) is 7.74. The van der Waals surface area contributed by atoms with E-state index in [1.165, 1.54) is 0 Å². The number of nitrogens with zero attached hydrogens (tertiary/aromatic N) is 1. The van der Waals surface area contributed by atoms with Crippen LogP contribution < -0.4 is 4.74 Å². The minimum absolute atomic E-state index is 0.213. The van der Waals surface area contributed by atoms with E-state index in [0.29, 0.717) is 5.17 Å². The Morgan fingerprint density at radius 2 is 1.86 bits per heavy atom. The molecule has 0 atom stereocenters. The molecule has 76 valence electrons. The van der Waals surface area contributed by atoms with Crippen LogP contribution in [0.2, 0.25) is 0 Å². The highest BCUT2D eigenvalue weighted by atomic mass is 35.5. The van der Waals surface area contributed by atoms with Crippen LogP contribution >= 0.6 is 11.6 Å². The maximum Gasteiger partial charge on any atom is 0.131 e. The maximum absolute atomic E-state index is 6.01. The van der Waals surface area contributed by atoms with Crippen molar-refractivity contribution in [1.29, 1.82) is 0 Å². The lowest BCUT2D eigenvalue weighted by molar-refractivity contribution is 0.415. The summed E-state index contributed by atoms with van der Waals surface area (Å²) in [5.41, 5.74) is 0.918. The normalized spacial score (nSPS) is 11.9. The molecule has 1 aromatic carbocycles. The van der Waals surface area contributed by atoms with Gasteiger partial charge in [0.1, 0.15) is 10.9 Å². The second-order valence-corrected chi connectivity index (χ2v) is 3.60. The topological polar surface area (TPSA) is 21.6 Å². The van der Waals surface area contributed by atoms with E-state index in [-0.39, 0.29) is 6.04 Å². The molecule has 0 radical (unpaired) electrons. The Labute approximate surface area is 89.6 Å². The molecule has 0 aliphatic carbocycles. The van der Waals surface area contributed by atoms with Crippen molar-refractivity contribution in [3.63, 3.8) is 0 Å². The van der Waals surface area contributed by atoms with Gasteiger partial charge in [0.2, 0.25) is 0 Å². The average Bonchev–Trinajstić information content (AvgIpc) is 2.17. The summed E-state index contributed by atoms with van der Waals surface area (Å²) in [5, 5.41) is 0.544. The molecule has 0 bridgehead atoms. The number of methoxy groups -OCH3 is 1. The lowest BCUT2D eigenvalue weighted by Gasteiger charge is -2.03. The number of hydrogen-bond donors (Lipinski definition) is 0. The van der Waals surface area contributed by atoms with Gasteiger partial charge in [-0.05, 0) is 38.1 Å². The zero-order valence-corrected chi connectivity index (χ0v) is 9.38. The number of aliphatic imine (C=N–C) groups is 1. The molecular weight excluding hydrogens is 198 g/mol. The van der Waals surface area contributed by atoms with E-state index < -0.39 is 0 Å². The number of ether oxygens (including phenoxy) is 1. The molecule has 1 aromatic rings. The van der Waals surface area contributed by atoms with Gasteiger partial charge < -0.3 is 4.74 Å². The van der Waals surface area contributed by atoms with Gasteiger partial charge in [0, 0.05) is 11.6 Å². The third kappa shape index (κ3) is 3.04. The number of rotatable bonds is 3. The summed E-state index contributed by atoms with van der Waals surface area (Å²) in [7, 11) is 1.64. The van der Waals surface area contributed by atoms with Crippen molar-refractivity contribution in [2.75, 3.05) is 7.11 Å². The maximum atomic E-state index is 6.01. The van der Waals surface area contributed by atoms with Gasteiger partial charge >= 0.3 is 0 Å². The third-order valence-electron chi connectivity index (χ3n) is 1.70. The number of benzene rings is 1. The van der Waals surface area contributed by atoms with Gasteiger partial charge in [-0.15, -0.1) is 0 Å². The minimum atomic E-state index is 0.213. The van der Waals surface area contributed by atoms with Crippen LogP contribution in [-0.4, -0.2) is 18.3 Å². The smallest absolute Gasteiger partial charge is 0.131 e. The lowest BCUT2D eigenvalue weighted by Crippen LogP contribution is -1.97. The Morgan fingerprint density at radius 1 is 1.29 bits per heavy atom. The van der Waals surface area contributed by atoms with Gasteiger partial charge in [0.05, 0.1) is 7.11 Å². The van der Waals surface area contributed by atoms with Crippen LogP contribution in [0.1, 0.15) is 19.4 Å². The second-order valence-electron chi connectivity index (χ2n) is 3.24. The van der Waals surface area contributed by atoms with Gasteiger partial charge in [-0.25, -0.2) is 0 Å². The van der Waals surface area contributed by atoms with E-state index >= 15 is 0 Å². The molecule has 0 amide bonds. The molecule has 0 unspecified atom stereocenters. The zero-order valence-electron chi connectivity index (χ0n) is 8.62. The Hall–Kier alpha value is -1.02. The van der Waals surface area contributed by atoms with E-state index in [2.05, 4.69) is 4.99 Å². The first-order valence-electron chi connectivity index (χ1n) is 4.51. The Bertz CT molecular complexity index is 317. The summed E-state index contributed by atoms with van der Waals surface area (Å²) < 4.78 is 5.05. The molecule has 0 aliphatic heterocycles. The predicted octanol–water partition coefficient (Wildman–Crippen LogP) is 3.09. The minimum Gasteiger partial charge on any atom is -0.497 e. The van der Waals surface area contributed by atoms with E-state index in [9.17, 15) is 0 Å². The summed E-state index contributed by atoms with van der Waals surface area (Å²) >= 11 is 6.01. The quantitative estimate of drug-likeness (QED) is 0.705. The van der Waals surface area contributed by atoms with Gasteiger partial charge in [-0.3, -0.25) is 4.99 Å². The first-order valence-corrected chi connectivity index (χ1v) is 4.89. The van der Waals surface area contributed by atoms with Crippen LogP contribution in [0.15, 0.2) is 29.3 Å². The molecule has 2 nitrogen and oxygen atoms in total. The van der Waals surface area contributed by atoms with Crippen molar-refractivity contribution in [3.05, 3.63) is 29.8 Å². The van der Waals surface area contributed by atoms with Crippen molar-refractivity contribution in [3.8, 4) is 5.75 Å². The second kappa shape index (κ2) is 5.01. The monoisotopic (exact) mass is 211 g/mol. The SMILES string of the molecule is COc1ccc(/C(Cl)=N/C(C)C)cc1. The molecule has 3 heteroatoms. The third-order valence-corrected chi connectivity index (χ3v) is 2.02. The number of hydrogen-bond acceptors (Lipinski definition) is 2. The van der Waals surface area contributed by atoms with Crippen molar-refractivity contribution < 1.29 is 4.74 Å². The molecule has 0 saturated heterocycles. The summed E-state index contributed by atoms with van der Waals surface area (Å²) in [4.78, 5) is 4.24. The summed E-state index contributed by atoms with van der Waals surface area (Å²) in [5.74, 6) is 0.822. The molecule has 0 N–H and O–H groups in total. The standard InChI is InChI=1S/C11H14ClNO/c1-8(2)13-11(12)9-4-6-10(14-3)7-5-9/h4-8H,1-3H3/b13-11-. The van der Waals surface area contributed by atoms with Crippen LogP contribution in [-0.2, 0) is 0 Å². The fraction of sp³-hybridized carbons (Fsp3) is 0.364. The van der Waals surface area contributed by atoms with E-state index in [4.69, 9.17) is 16.3 Å². The highest BCUT2D eigenvalue weighted by Gasteiger charge is 2.00. The van der Waals surface area contributed by atoms with Crippen molar-refractivity contribution in [1.82, 2.24) is 0 Å². The fourth-order valence-electron chi connectivity index (χ4n) is 1.03. The first-order chi connectivity index (χ1) is 6.63. The number of halogens is 1. The molecule has 0 saturated carbocycles. The molecule has 14 heavy (non-hydrogen) atoms. The molecule has 0 aliphatic rings. The molecule has 0 aromatic heterocycles. The van der Waals surface area contributed by atoms with Crippen LogP contribution in [0.25, 0.3) is 0 Å².